The highest BCUT2D eigenvalue weighted by Gasteiger charge is 2.23. The van der Waals surface area contributed by atoms with E-state index in [0.29, 0.717) is 6.42 Å². The first kappa shape index (κ1) is 29.4. The average Bonchev–Trinajstić information content (AvgIpc) is 3.33. The van der Waals surface area contributed by atoms with Gasteiger partial charge in [-0.1, -0.05) is 74.0 Å². The minimum absolute atomic E-state index is 0.0366. The number of ether oxygens (including phenoxy) is 1. The number of carbonyl (C=O) groups excluding carboxylic acids is 1. The van der Waals surface area contributed by atoms with Gasteiger partial charge in [0.25, 0.3) is 0 Å². The normalized spacial score (nSPS) is 12.9. The molecule has 3 aromatic carbocycles. The Morgan fingerprint density at radius 1 is 0.975 bits per heavy atom. The number of hydrogen-bond donors (Lipinski definition) is 1. The fraction of sp³-hybridized carbons (Fsp3) is 0.400. The summed E-state index contributed by atoms with van der Waals surface area (Å²) in [4.78, 5) is 15.9. The second-order valence-corrected chi connectivity index (χ2v) is 10.9. The molecule has 4 aromatic rings. The molecule has 1 amide bonds. The van der Waals surface area contributed by atoms with E-state index in [1.165, 1.54) is 33.2 Å². The van der Waals surface area contributed by atoms with Crippen molar-refractivity contribution in [1.82, 2.24) is 14.8 Å². The van der Waals surface area contributed by atoms with Gasteiger partial charge in [0.1, 0.15) is 5.75 Å². The largest absolute Gasteiger partial charge is 0.497 e. The molecule has 0 saturated carbocycles. The van der Waals surface area contributed by atoms with Crippen molar-refractivity contribution in [2.45, 2.75) is 65.5 Å². The molecule has 0 aliphatic carbocycles. The summed E-state index contributed by atoms with van der Waals surface area (Å²) in [6.45, 7) is 12.6. The predicted molar refractivity (Wildman–Crippen MR) is 166 cm³/mol. The molecule has 0 fully saturated rings. The number of rotatable bonds is 14. The van der Waals surface area contributed by atoms with E-state index in [1.54, 1.807) is 7.11 Å². The molecule has 1 N–H and O–H groups in total. The molecule has 0 aliphatic heterocycles. The second-order valence-electron chi connectivity index (χ2n) is 10.9. The van der Waals surface area contributed by atoms with E-state index in [1.807, 2.05) is 12.1 Å². The van der Waals surface area contributed by atoms with Crippen LogP contribution in [0.15, 0.2) is 79.0 Å². The zero-order valence-corrected chi connectivity index (χ0v) is 24.8. The molecule has 0 bridgehead atoms. The van der Waals surface area contributed by atoms with Gasteiger partial charge in [-0.15, -0.1) is 0 Å². The van der Waals surface area contributed by atoms with Crippen LogP contribution in [0.3, 0.4) is 0 Å². The summed E-state index contributed by atoms with van der Waals surface area (Å²) >= 11 is 0. The van der Waals surface area contributed by atoms with Crippen molar-refractivity contribution in [2.75, 3.05) is 26.7 Å². The Morgan fingerprint density at radius 3 is 2.35 bits per heavy atom. The van der Waals surface area contributed by atoms with Gasteiger partial charge in [0.05, 0.1) is 7.11 Å². The van der Waals surface area contributed by atoms with Gasteiger partial charge in [-0.05, 0) is 81.2 Å². The number of aryl methyl sites for hydroxylation is 1. The lowest BCUT2D eigenvalue weighted by Gasteiger charge is -2.21. The molecule has 0 unspecified atom stereocenters. The summed E-state index contributed by atoms with van der Waals surface area (Å²) in [6.07, 6.45) is 4.74. The van der Waals surface area contributed by atoms with E-state index in [-0.39, 0.29) is 17.9 Å². The van der Waals surface area contributed by atoms with Crippen LogP contribution in [0.2, 0.25) is 0 Å². The first-order valence-corrected chi connectivity index (χ1v) is 14.7. The Kier molecular flexibility index (Phi) is 10.4. The van der Waals surface area contributed by atoms with Crippen LogP contribution in [-0.2, 0) is 11.3 Å². The summed E-state index contributed by atoms with van der Waals surface area (Å²) in [7, 11) is 1.69. The number of nitrogens with one attached hydrogen (secondary N) is 1. The van der Waals surface area contributed by atoms with Crippen LogP contribution in [-0.4, -0.2) is 48.2 Å². The summed E-state index contributed by atoms with van der Waals surface area (Å²) in [5.41, 5.74) is 5.96. The van der Waals surface area contributed by atoms with Gasteiger partial charge in [-0.25, -0.2) is 0 Å². The van der Waals surface area contributed by atoms with Crippen molar-refractivity contribution in [2.24, 2.45) is 0 Å². The number of para-hydroxylation sites is 1. The summed E-state index contributed by atoms with van der Waals surface area (Å²) in [5.74, 6) is 0.924. The van der Waals surface area contributed by atoms with Crippen molar-refractivity contribution in [3.05, 3.63) is 101 Å². The van der Waals surface area contributed by atoms with Crippen LogP contribution in [0, 0.1) is 6.92 Å². The molecule has 212 valence electrons. The molecule has 5 nitrogen and oxygen atoms in total. The van der Waals surface area contributed by atoms with Crippen LogP contribution >= 0.6 is 0 Å². The maximum atomic E-state index is 13.4. The number of methoxy groups -OCH3 is 1. The topological polar surface area (TPSA) is 46.5 Å². The third-order valence-corrected chi connectivity index (χ3v) is 7.99. The second kappa shape index (κ2) is 14.2. The van der Waals surface area contributed by atoms with E-state index in [9.17, 15) is 4.79 Å². The van der Waals surface area contributed by atoms with Gasteiger partial charge in [0, 0.05) is 42.0 Å². The fourth-order valence-electron chi connectivity index (χ4n) is 5.57. The molecule has 0 spiro atoms. The highest BCUT2D eigenvalue weighted by Crippen LogP contribution is 2.35. The number of benzene rings is 3. The molecular formula is C35H45N3O2. The Labute approximate surface area is 240 Å². The van der Waals surface area contributed by atoms with Gasteiger partial charge >= 0.3 is 0 Å². The number of amides is 1. The summed E-state index contributed by atoms with van der Waals surface area (Å²) < 4.78 is 7.65. The minimum atomic E-state index is -0.0366. The van der Waals surface area contributed by atoms with Crippen LogP contribution in [0.4, 0.5) is 0 Å². The molecule has 0 radical (unpaired) electrons. The van der Waals surface area contributed by atoms with Gasteiger partial charge in [-0.3, -0.25) is 4.79 Å². The average molecular weight is 540 g/mol. The third kappa shape index (κ3) is 7.54. The van der Waals surface area contributed by atoms with Gasteiger partial charge in [0.15, 0.2) is 0 Å². The zero-order valence-electron chi connectivity index (χ0n) is 24.8. The predicted octanol–water partition coefficient (Wildman–Crippen LogP) is 7.16. The number of fused-ring (bicyclic) bond motifs is 1. The highest BCUT2D eigenvalue weighted by molar-refractivity contribution is 5.87. The van der Waals surface area contributed by atoms with E-state index < -0.39 is 0 Å². The standard InChI is InChI=1S/C35H45N3O2/c1-6-37(7-2)22-10-11-27(4)36-35(39)23-32(29-18-14-26(3)15-19-29)33-25-38(34-13-9-8-12-31(33)34)24-28-16-20-30(40-5)21-17-28/h8-9,12-21,25,27,32H,6-7,10-11,22-24H2,1-5H3,(H,36,39)/t27-,32+/m0/s1. The number of carbonyl (C=O) groups is 1. The zero-order chi connectivity index (χ0) is 28.5. The Morgan fingerprint density at radius 2 is 1.68 bits per heavy atom. The maximum absolute atomic E-state index is 13.4. The quantitative estimate of drug-likeness (QED) is 0.185. The Hall–Kier alpha value is -3.57. The molecular weight excluding hydrogens is 494 g/mol. The first-order chi connectivity index (χ1) is 19.4. The van der Waals surface area contributed by atoms with Crippen molar-refractivity contribution in [1.29, 1.82) is 0 Å². The van der Waals surface area contributed by atoms with Crippen molar-refractivity contribution >= 4 is 16.8 Å². The molecule has 5 heteroatoms. The molecule has 0 aliphatic rings. The summed E-state index contributed by atoms with van der Waals surface area (Å²) in [5, 5.41) is 4.50. The first-order valence-electron chi connectivity index (χ1n) is 14.7. The third-order valence-electron chi connectivity index (χ3n) is 7.99. The van der Waals surface area contributed by atoms with Crippen LogP contribution in [0.1, 0.15) is 68.2 Å². The molecule has 1 aromatic heterocycles. The van der Waals surface area contributed by atoms with E-state index in [4.69, 9.17) is 4.74 Å². The lowest BCUT2D eigenvalue weighted by Crippen LogP contribution is -2.34. The smallest absolute Gasteiger partial charge is 0.221 e. The molecule has 40 heavy (non-hydrogen) atoms. The van der Waals surface area contributed by atoms with Crippen LogP contribution in [0.25, 0.3) is 10.9 Å². The maximum Gasteiger partial charge on any atom is 0.221 e. The van der Waals surface area contributed by atoms with Crippen molar-refractivity contribution in [3.63, 3.8) is 0 Å². The highest BCUT2D eigenvalue weighted by atomic mass is 16.5. The van der Waals surface area contributed by atoms with E-state index >= 15 is 0 Å². The van der Waals surface area contributed by atoms with E-state index in [0.717, 1.165) is 44.8 Å². The lowest BCUT2D eigenvalue weighted by molar-refractivity contribution is -0.121. The van der Waals surface area contributed by atoms with Crippen LogP contribution in [0.5, 0.6) is 5.75 Å². The fourth-order valence-corrected chi connectivity index (χ4v) is 5.57. The SMILES string of the molecule is CCN(CC)CCC[C@H](C)NC(=O)C[C@H](c1ccc(C)cc1)c1cn(Cc2ccc(OC)cc2)c2ccccc12. The number of aromatic nitrogens is 1. The Balaban J connectivity index is 1.58. The van der Waals surface area contributed by atoms with Crippen LogP contribution < -0.4 is 10.1 Å². The van der Waals surface area contributed by atoms with Gasteiger partial charge in [-0.2, -0.15) is 0 Å². The number of hydrogen-bond acceptors (Lipinski definition) is 3. The molecule has 2 atom stereocenters. The summed E-state index contributed by atoms with van der Waals surface area (Å²) in [6, 6.07) is 25.6. The molecule has 1 heterocycles. The lowest BCUT2D eigenvalue weighted by atomic mass is 9.87. The minimum Gasteiger partial charge on any atom is -0.497 e. The number of nitrogens with zero attached hydrogens (tertiary/aromatic N) is 2. The Bertz CT molecular complexity index is 1350. The van der Waals surface area contributed by atoms with Gasteiger partial charge < -0.3 is 19.5 Å². The van der Waals surface area contributed by atoms with Crippen molar-refractivity contribution < 1.29 is 9.53 Å². The van der Waals surface area contributed by atoms with E-state index in [2.05, 4.69) is 109 Å². The monoisotopic (exact) mass is 539 g/mol. The molecule has 4 rings (SSSR count). The van der Waals surface area contributed by atoms with Gasteiger partial charge in [0.2, 0.25) is 5.91 Å². The molecule has 0 saturated heterocycles. The van der Waals surface area contributed by atoms with Crippen molar-refractivity contribution in [3.8, 4) is 5.75 Å².